The van der Waals surface area contributed by atoms with Gasteiger partial charge in [0.1, 0.15) is 42.7 Å². The van der Waals surface area contributed by atoms with Gasteiger partial charge in [0, 0.05) is 20.8 Å². The topological polar surface area (TPSA) is 170 Å². The Labute approximate surface area is 144 Å². The molecular weight excluding hydrogens is 342 g/mol. The van der Waals surface area contributed by atoms with E-state index in [4.69, 9.17) is 18.9 Å². The highest BCUT2D eigenvalue weighted by Crippen LogP contribution is 2.24. The number of nitrogens with one attached hydrogen (secondary N) is 1. The lowest BCUT2D eigenvalue weighted by atomic mass is 9.94. The molecule has 0 spiro atoms. The third-order valence-corrected chi connectivity index (χ3v) is 4.57. The maximum atomic E-state index is 10.2. The van der Waals surface area contributed by atoms with Crippen molar-refractivity contribution in [3.63, 3.8) is 0 Å². The Bertz CT molecular complexity index is 397. The molecule has 2 heterocycles. The van der Waals surface area contributed by atoms with Crippen LogP contribution in [0.25, 0.3) is 0 Å². The van der Waals surface area contributed by atoms with Crippen LogP contribution in [0.1, 0.15) is 0 Å². The smallest absolute Gasteiger partial charge is 0.186 e. The molecule has 2 fully saturated rings. The van der Waals surface area contributed by atoms with E-state index in [0.29, 0.717) is 0 Å². The van der Waals surface area contributed by atoms with Gasteiger partial charge in [0.05, 0.1) is 12.6 Å². The first-order valence-electron chi connectivity index (χ1n) is 7.96. The van der Waals surface area contributed by atoms with E-state index in [9.17, 15) is 30.6 Å². The standard InChI is InChI=1S/C14H27NO10/c1-22-13-10(19)7(8(17)6(4-16)25-13)15-3-5-9(18)11(20)12(21)14(23-2)24-5/h5-21H,3-4H2,1-2H3/t5-,6-,7+,8-,9-,10+,11+,12-,13+,14+/m1/s1. The van der Waals surface area contributed by atoms with Gasteiger partial charge in [-0.3, -0.25) is 0 Å². The third-order valence-electron chi connectivity index (χ3n) is 4.57. The van der Waals surface area contributed by atoms with Gasteiger partial charge in [0.15, 0.2) is 12.6 Å². The average molecular weight is 369 g/mol. The first kappa shape index (κ1) is 20.9. The molecule has 2 rings (SSSR count). The van der Waals surface area contributed by atoms with Gasteiger partial charge in [-0.1, -0.05) is 0 Å². The molecule has 11 heteroatoms. The minimum absolute atomic E-state index is 0.0851. The summed E-state index contributed by atoms with van der Waals surface area (Å²) >= 11 is 0. The maximum Gasteiger partial charge on any atom is 0.186 e. The predicted molar refractivity (Wildman–Crippen MR) is 80.3 cm³/mol. The van der Waals surface area contributed by atoms with Crippen molar-refractivity contribution in [3.8, 4) is 0 Å². The number of hydrogen-bond donors (Lipinski definition) is 7. The van der Waals surface area contributed by atoms with Crippen molar-refractivity contribution >= 4 is 0 Å². The van der Waals surface area contributed by atoms with Crippen LogP contribution in [-0.2, 0) is 18.9 Å². The number of hydrogen-bond acceptors (Lipinski definition) is 11. The first-order valence-corrected chi connectivity index (χ1v) is 7.96. The fraction of sp³-hybridized carbons (Fsp3) is 1.00. The minimum atomic E-state index is -1.48. The molecule has 10 atom stereocenters. The second-order valence-corrected chi connectivity index (χ2v) is 6.13. The molecule has 0 bridgehead atoms. The number of rotatable bonds is 6. The van der Waals surface area contributed by atoms with Gasteiger partial charge in [0.25, 0.3) is 0 Å². The van der Waals surface area contributed by atoms with Gasteiger partial charge in [-0.25, -0.2) is 0 Å². The second-order valence-electron chi connectivity index (χ2n) is 6.13. The quantitative estimate of drug-likeness (QED) is 0.241. The molecule has 0 aliphatic carbocycles. The molecule has 11 nitrogen and oxygen atoms in total. The average Bonchev–Trinajstić information content (AvgIpc) is 2.61. The molecule has 0 aromatic carbocycles. The van der Waals surface area contributed by atoms with Crippen molar-refractivity contribution in [2.45, 2.75) is 61.3 Å². The number of aliphatic hydroxyl groups excluding tert-OH is 6. The summed E-state index contributed by atoms with van der Waals surface area (Å²) in [5.41, 5.74) is 0. The summed E-state index contributed by atoms with van der Waals surface area (Å²) < 4.78 is 20.5. The van der Waals surface area contributed by atoms with Crippen LogP contribution in [0.15, 0.2) is 0 Å². The molecular formula is C14H27NO10. The lowest BCUT2D eigenvalue weighted by Crippen LogP contribution is -2.66. The summed E-state index contributed by atoms with van der Waals surface area (Å²) in [7, 11) is 2.59. The molecule has 0 saturated carbocycles. The molecule has 2 aliphatic heterocycles. The molecule has 25 heavy (non-hydrogen) atoms. The number of aliphatic hydroxyl groups is 6. The van der Waals surface area contributed by atoms with Gasteiger partial charge < -0.3 is 54.9 Å². The van der Waals surface area contributed by atoms with Crippen molar-refractivity contribution < 1.29 is 49.6 Å². The van der Waals surface area contributed by atoms with E-state index in [-0.39, 0.29) is 6.54 Å². The monoisotopic (exact) mass is 369 g/mol. The van der Waals surface area contributed by atoms with Gasteiger partial charge in [-0.2, -0.15) is 0 Å². The Balaban J connectivity index is 2.02. The maximum absolute atomic E-state index is 10.2. The van der Waals surface area contributed by atoms with E-state index in [1.807, 2.05) is 0 Å². The van der Waals surface area contributed by atoms with E-state index in [2.05, 4.69) is 5.32 Å². The fourth-order valence-corrected chi connectivity index (χ4v) is 3.06. The van der Waals surface area contributed by atoms with Gasteiger partial charge in [-0.05, 0) is 0 Å². The molecule has 148 valence electrons. The molecule has 7 N–H and O–H groups in total. The third kappa shape index (κ3) is 4.28. The normalized spacial score (nSPS) is 48.5. The van der Waals surface area contributed by atoms with Gasteiger partial charge in [0.2, 0.25) is 0 Å². The van der Waals surface area contributed by atoms with Crippen LogP contribution in [0.2, 0.25) is 0 Å². The molecule has 0 aromatic heterocycles. The SMILES string of the molecule is CO[C@H]1O[C@H](CO)[C@@H](O)[C@H](NC[C@H]2O[C@H](OC)[C@H](O)[C@@H](O)[C@@H]2O)[C@@H]1O. The van der Waals surface area contributed by atoms with Gasteiger partial charge >= 0.3 is 0 Å². The van der Waals surface area contributed by atoms with Gasteiger partial charge in [-0.15, -0.1) is 0 Å². The van der Waals surface area contributed by atoms with Crippen LogP contribution in [0.4, 0.5) is 0 Å². The second kappa shape index (κ2) is 8.97. The van der Waals surface area contributed by atoms with Crippen LogP contribution < -0.4 is 5.32 Å². The van der Waals surface area contributed by atoms with E-state index in [0.717, 1.165) is 0 Å². The summed E-state index contributed by atoms with van der Waals surface area (Å²) in [5.74, 6) is 0. The molecule has 0 aromatic rings. The predicted octanol–water partition coefficient (Wildman–Crippen LogP) is -4.52. The van der Waals surface area contributed by atoms with Crippen molar-refractivity contribution in [2.24, 2.45) is 0 Å². The zero-order valence-electron chi connectivity index (χ0n) is 14.0. The van der Waals surface area contributed by atoms with E-state index in [1.54, 1.807) is 0 Å². The largest absolute Gasteiger partial charge is 0.394 e. The fourth-order valence-electron chi connectivity index (χ4n) is 3.06. The van der Waals surface area contributed by atoms with E-state index in [1.165, 1.54) is 14.2 Å². The molecule has 0 radical (unpaired) electrons. The first-order chi connectivity index (χ1) is 11.8. The Morgan fingerprint density at radius 3 is 1.88 bits per heavy atom. The van der Waals surface area contributed by atoms with Crippen molar-refractivity contribution in [2.75, 3.05) is 27.4 Å². The Kier molecular flexibility index (Phi) is 7.49. The molecule has 0 amide bonds. The Morgan fingerprint density at radius 1 is 0.760 bits per heavy atom. The zero-order valence-corrected chi connectivity index (χ0v) is 14.0. The summed E-state index contributed by atoms with van der Waals surface area (Å²) in [4.78, 5) is 0. The molecule has 0 unspecified atom stereocenters. The summed E-state index contributed by atoms with van der Waals surface area (Å²) in [6, 6.07) is -0.948. The van der Waals surface area contributed by atoms with Crippen LogP contribution in [0, 0.1) is 0 Å². The lowest BCUT2D eigenvalue weighted by molar-refractivity contribution is -0.292. The van der Waals surface area contributed by atoms with Crippen molar-refractivity contribution in [1.29, 1.82) is 0 Å². The van der Waals surface area contributed by atoms with Crippen LogP contribution in [0.3, 0.4) is 0 Å². The van der Waals surface area contributed by atoms with Crippen molar-refractivity contribution in [3.05, 3.63) is 0 Å². The highest BCUT2D eigenvalue weighted by Gasteiger charge is 2.47. The van der Waals surface area contributed by atoms with E-state index < -0.39 is 68.0 Å². The van der Waals surface area contributed by atoms with E-state index >= 15 is 0 Å². The summed E-state index contributed by atoms with van der Waals surface area (Å²) in [6.07, 6.45) is -10.9. The highest BCUT2D eigenvalue weighted by molar-refractivity contribution is 4.96. The Morgan fingerprint density at radius 2 is 1.32 bits per heavy atom. The zero-order chi connectivity index (χ0) is 18.7. The number of methoxy groups -OCH3 is 2. The van der Waals surface area contributed by atoms with Crippen LogP contribution in [-0.4, -0.2) is 119 Å². The number of ether oxygens (including phenoxy) is 4. The summed E-state index contributed by atoms with van der Waals surface area (Å²) in [6.45, 7) is -0.566. The van der Waals surface area contributed by atoms with Crippen molar-refractivity contribution in [1.82, 2.24) is 5.32 Å². The lowest BCUT2D eigenvalue weighted by Gasteiger charge is -2.44. The van der Waals surface area contributed by atoms with Crippen LogP contribution in [0.5, 0.6) is 0 Å². The molecule has 2 saturated heterocycles. The van der Waals surface area contributed by atoms with Crippen LogP contribution >= 0.6 is 0 Å². The summed E-state index contributed by atoms with van der Waals surface area (Å²) in [5, 5.41) is 62.2. The highest BCUT2D eigenvalue weighted by atomic mass is 16.7. The Hall–Kier alpha value is -0.440. The molecule has 2 aliphatic rings. The minimum Gasteiger partial charge on any atom is -0.394 e.